The van der Waals surface area contributed by atoms with Crippen LogP contribution in [0.15, 0.2) is 83.8 Å². The van der Waals surface area contributed by atoms with E-state index in [0.29, 0.717) is 5.56 Å². The molecule has 0 aliphatic heterocycles. The molecule has 0 fully saturated rings. The molecule has 4 nitrogen and oxygen atoms in total. The van der Waals surface area contributed by atoms with Gasteiger partial charge in [0.1, 0.15) is 11.1 Å². The van der Waals surface area contributed by atoms with Gasteiger partial charge in [0.05, 0.1) is 15.5 Å². The van der Waals surface area contributed by atoms with Gasteiger partial charge in [0, 0.05) is 6.54 Å². The first-order valence-electron chi connectivity index (χ1n) is 8.47. The summed E-state index contributed by atoms with van der Waals surface area (Å²) in [7, 11) is -3.87. The SMILES string of the molecule is O=C(NCC(c1ccccc1)S(=O)(=O)c1ccc(F)cc1)c1ccccc1Cl. The number of hydrogen-bond acceptors (Lipinski definition) is 3. The summed E-state index contributed by atoms with van der Waals surface area (Å²) in [4.78, 5) is 12.5. The summed E-state index contributed by atoms with van der Waals surface area (Å²) < 4.78 is 39.5. The fourth-order valence-corrected chi connectivity index (χ4v) is 4.67. The molecule has 1 atom stereocenters. The Morgan fingerprint density at radius 1 is 0.929 bits per heavy atom. The Hall–Kier alpha value is -2.70. The van der Waals surface area contributed by atoms with Gasteiger partial charge in [-0.2, -0.15) is 0 Å². The first kappa shape index (κ1) is 20.0. The zero-order chi connectivity index (χ0) is 20.1. The van der Waals surface area contributed by atoms with Crippen molar-refractivity contribution < 1.29 is 17.6 Å². The summed E-state index contributed by atoms with van der Waals surface area (Å²) in [6, 6.07) is 19.7. The molecule has 0 radical (unpaired) electrons. The van der Waals surface area contributed by atoms with Gasteiger partial charge in [-0.1, -0.05) is 54.1 Å². The van der Waals surface area contributed by atoms with Gasteiger partial charge in [-0.15, -0.1) is 0 Å². The number of carbonyl (C=O) groups is 1. The van der Waals surface area contributed by atoms with Gasteiger partial charge in [0.2, 0.25) is 0 Å². The summed E-state index contributed by atoms with van der Waals surface area (Å²) in [5.41, 5.74) is 0.779. The molecule has 0 saturated heterocycles. The lowest BCUT2D eigenvalue weighted by Gasteiger charge is -2.19. The van der Waals surface area contributed by atoms with Gasteiger partial charge in [-0.3, -0.25) is 4.79 Å². The molecule has 28 heavy (non-hydrogen) atoms. The van der Waals surface area contributed by atoms with Crippen molar-refractivity contribution in [2.75, 3.05) is 6.54 Å². The maximum atomic E-state index is 13.2. The van der Waals surface area contributed by atoms with E-state index < -0.39 is 26.8 Å². The van der Waals surface area contributed by atoms with Crippen LogP contribution in [0.2, 0.25) is 5.02 Å². The number of rotatable bonds is 6. The predicted octanol–water partition coefficient (Wildman–Crippen LogP) is 4.42. The van der Waals surface area contributed by atoms with Gasteiger partial charge in [-0.25, -0.2) is 12.8 Å². The molecule has 0 bridgehead atoms. The molecule has 0 heterocycles. The third-order valence-corrected chi connectivity index (χ3v) is 6.70. The number of halogens is 2. The van der Waals surface area contributed by atoms with Crippen molar-refractivity contribution in [3.63, 3.8) is 0 Å². The maximum absolute atomic E-state index is 13.2. The van der Waals surface area contributed by atoms with Crippen molar-refractivity contribution in [1.29, 1.82) is 0 Å². The normalized spacial score (nSPS) is 12.4. The van der Waals surface area contributed by atoms with Crippen LogP contribution in [0.1, 0.15) is 21.2 Å². The van der Waals surface area contributed by atoms with Crippen LogP contribution >= 0.6 is 11.6 Å². The minimum Gasteiger partial charge on any atom is -0.350 e. The summed E-state index contributed by atoms with van der Waals surface area (Å²) >= 11 is 6.04. The highest BCUT2D eigenvalue weighted by Gasteiger charge is 2.29. The molecule has 7 heteroatoms. The zero-order valence-corrected chi connectivity index (χ0v) is 16.3. The lowest BCUT2D eigenvalue weighted by molar-refractivity contribution is 0.0954. The molecule has 144 valence electrons. The van der Waals surface area contributed by atoms with Crippen LogP contribution in [0, 0.1) is 5.82 Å². The van der Waals surface area contributed by atoms with E-state index in [1.165, 1.54) is 12.1 Å². The molecule has 0 aliphatic carbocycles. The van der Waals surface area contributed by atoms with Crippen LogP contribution in [0.5, 0.6) is 0 Å². The number of amides is 1. The Bertz CT molecular complexity index is 1070. The molecule has 0 saturated carbocycles. The van der Waals surface area contributed by atoms with Crippen LogP contribution < -0.4 is 5.32 Å². The number of sulfone groups is 1. The van der Waals surface area contributed by atoms with E-state index in [1.807, 2.05) is 0 Å². The minimum atomic E-state index is -3.87. The van der Waals surface area contributed by atoms with Crippen LogP contribution in [-0.4, -0.2) is 20.9 Å². The number of carbonyl (C=O) groups excluding carboxylic acids is 1. The van der Waals surface area contributed by atoms with Crippen LogP contribution in [0.4, 0.5) is 4.39 Å². The average molecular weight is 418 g/mol. The van der Waals surface area contributed by atoms with E-state index in [4.69, 9.17) is 11.6 Å². The third-order valence-electron chi connectivity index (χ3n) is 4.25. The van der Waals surface area contributed by atoms with Crippen molar-refractivity contribution in [3.05, 3.63) is 101 Å². The smallest absolute Gasteiger partial charge is 0.252 e. The molecule has 1 unspecified atom stereocenters. The number of hydrogen-bond donors (Lipinski definition) is 1. The van der Waals surface area contributed by atoms with Crippen LogP contribution in [-0.2, 0) is 9.84 Å². The van der Waals surface area contributed by atoms with Gasteiger partial charge in [0.25, 0.3) is 5.91 Å². The lowest BCUT2D eigenvalue weighted by atomic mass is 10.1. The van der Waals surface area contributed by atoms with Gasteiger partial charge < -0.3 is 5.32 Å². The molecule has 3 aromatic rings. The summed E-state index contributed by atoms with van der Waals surface area (Å²) in [6.07, 6.45) is 0. The molecule has 0 spiro atoms. The second-order valence-corrected chi connectivity index (χ2v) is 8.63. The van der Waals surface area contributed by atoms with Gasteiger partial charge in [-0.05, 0) is 42.0 Å². The molecular formula is C21H17ClFNO3S. The third kappa shape index (κ3) is 4.40. The Morgan fingerprint density at radius 2 is 1.54 bits per heavy atom. The molecule has 0 aliphatic rings. The van der Waals surface area contributed by atoms with Crippen molar-refractivity contribution in [2.45, 2.75) is 10.1 Å². The minimum absolute atomic E-state index is 0.0188. The first-order chi connectivity index (χ1) is 13.4. The maximum Gasteiger partial charge on any atom is 0.252 e. The highest BCUT2D eigenvalue weighted by molar-refractivity contribution is 7.91. The Kier molecular flexibility index (Phi) is 6.11. The van der Waals surface area contributed by atoms with Crippen molar-refractivity contribution >= 4 is 27.3 Å². The Balaban J connectivity index is 1.91. The lowest BCUT2D eigenvalue weighted by Crippen LogP contribution is -2.32. The van der Waals surface area contributed by atoms with E-state index in [9.17, 15) is 17.6 Å². The molecule has 3 rings (SSSR count). The van der Waals surface area contributed by atoms with Crippen LogP contribution in [0.25, 0.3) is 0 Å². The molecule has 1 amide bonds. The summed E-state index contributed by atoms with van der Waals surface area (Å²) in [6.45, 7) is -0.159. The van der Waals surface area contributed by atoms with E-state index in [-0.39, 0.29) is 22.0 Å². The van der Waals surface area contributed by atoms with Gasteiger partial charge >= 0.3 is 0 Å². The first-order valence-corrected chi connectivity index (χ1v) is 10.4. The largest absolute Gasteiger partial charge is 0.350 e. The molecular weight excluding hydrogens is 401 g/mol. The zero-order valence-electron chi connectivity index (χ0n) is 14.7. The van der Waals surface area contributed by atoms with Crippen LogP contribution in [0.3, 0.4) is 0 Å². The summed E-state index contributed by atoms with van der Waals surface area (Å²) in [5, 5.41) is 1.89. The monoisotopic (exact) mass is 417 g/mol. The highest BCUT2D eigenvalue weighted by atomic mass is 35.5. The van der Waals surface area contributed by atoms with Crippen molar-refractivity contribution in [1.82, 2.24) is 5.32 Å². The van der Waals surface area contributed by atoms with Crippen molar-refractivity contribution in [2.24, 2.45) is 0 Å². The van der Waals surface area contributed by atoms with E-state index in [1.54, 1.807) is 54.6 Å². The standard InChI is InChI=1S/C21H17ClFNO3S/c22-19-9-5-4-8-18(19)21(25)24-14-20(15-6-2-1-3-7-15)28(26,27)17-12-10-16(23)11-13-17/h1-13,20H,14H2,(H,24,25). The average Bonchev–Trinajstić information content (AvgIpc) is 2.69. The fourth-order valence-electron chi connectivity index (χ4n) is 2.79. The van der Waals surface area contributed by atoms with Crippen molar-refractivity contribution in [3.8, 4) is 0 Å². The molecule has 0 aromatic heterocycles. The fraction of sp³-hybridized carbons (Fsp3) is 0.0952. The predicted molar refractivity (Wildman–Crippen MR) is 107 cm³/mol. The highest BCUT2D eigenvalue weighted by Crippen LogP contribution is 2.29. The second-order valence-electron chi connectivity index (χ2n) is 6.09. The summed E-state index contributed by atoms with van der Waals surface area (Å²) in [5.74, 6) is -0.997. The second kappa shape index (κ2) is 8.54. The molecule has 1 N–H and O–H groups in total. The number of benzene rings is 3. The topological polar surface area (TPSA) is 63.2 Å². The quantitative estimate of drug-likeness (QED) is 0.604. The Labute approximate surface area is 167 Å². The molecule has 3 aromatic carbocycles. The number of nitrogens with one attached hydrogen (secondary N) is 1. The Morgan fingerprint density at radius 3 is 2.18 bits per heavy atom. The van der Waals surface area contributed by atoms with Gasteiger partial charge in [0.15, 0.2) is 9.84 Å². The van der Waals surface area contributed by atoms with E-state index in [2.05, 4.69) is 5.32 Å². The van der Waals surface area contributed by atoms with E-state index >= 15 is 0 Å². The van der Waals surface area contributed by atoms with E-state index in [0.717, 1.165) is 12.1 Å².